The van der Waals surface area contributed by atoms with Crippen LogP contribution in [0.25, 0.3) is 0 Å². The number of carbonyl (C=O) groups is 2. The molecule has 1 aliphatic heterocycles. The predicted molar refractivity (Wildman–Crippen MR) is 84.7 cm³/mol. The number of carboxylic acids is 1. The van der Waals surface area contributed by atoms with E-state index < -0.39 is 12.1 Å². The third-order valence-corrected chi connectivity index (χ3v) is 4.48. The van der Waals surface area contributed by atoms with Gasteiger partial charge in [-0.2, -0.15) is 0 Å². The Morgan fingerprint density at radius 1 is 1.24 bits per heavy atom. The Labute approximate surface area is 139 Å². The summed E-state index contributed by atoms with van der Waals surface area (Å²) in [6, 6.07) is 2.91. The zero-order valence-electron chi connectivity index (χ0n) is 11.4. The molecule has 1 amide bonds. The first-order valence-corrected chi connectivity index (χ1v) is 8.16. The minimum Gasteiger partial charge on any atom is -0.479 e. The highest BCUT2D eigenvalue weighted by atomic mass is 79.9. The van der Waals surface area contributed by atoms with Gasteiger partial charge in [0.2, 0.25) is 0 Å². The van der Waals surface area contributed by atoms with Crippen molar-refractivity contribution in [2.24, 2.45) is 0 Å². The minimum absolute atomic E-state index is 0.0476. The number of likely N-dealkylation sites (tertiary alicyclic amines) is 1. The normalized spacial score (nSPS) is 15.9. The number of ether oxygens (including phenoxy) is 1. The Balaban J connectivity index is 2.15. The van der Waals surface area contributed by atoms with Crippen molar-refractivity contribution in [2.75, 3.05) is 13.1 Å². The van der Waals surface area contributed by atoms with Gasteiger partial charge in [0, 0.05) is 13.1 Å². The lowest BCUT2D eigenvalue weighted by molar-refractivity contribution is -0.136. The molecule has 114 valence electrons. The lowest BCUT2D eigenvalue weighted by Gasteiger charge is -2.22. The molecule has 7 heteroatoms. The van der Waals surface area contributed by atoms with Crippen molar-refractivity contribution in [3.63, 3.8) is 0 Å². The molecule has 0 radical (unpaired) electrons. The summed E-state index contributed by atoms with van der Waals surface area (Å²) in [7, 11) is 0. The highest BCUT2D eigenvalue weighted by Gasteiger charge is 2.26. The summed E-state index contributed by atoms with van der Waals surface area (Å²) in [5.41, 5.74) is 0.139. The van der Waals surface area contributed by atoms with E-state index in [1.54, 1.807) is 11.8 Å². The Morgan fingerprint density at radius 2 is 1.76 bits per heavy atom. The summed E-state index contributed by atoms with van der Waals surface area (Å²) < 4.78 is 6.70. The summed E-state index contributed by atoms with van der Waals surface area (Å²) >= 11 is 6.57. The Bertz CT molecular complexity index is 547. The van der Waals surface area contributed by atoms with Crippen LogP contribution in [-0.2, 0) is 4.79 Å². The third kappa shape index (κ3) is 3.77. The molecule has 1 aromatic carbocycles. The van der Waals surface area contributed by atoms with Gasteiger partial charge in [-0.25, -0.2) is 4.79 Å². The summed E-state index contributed by atoms with van der Waals surface area (Å²) in [5.74, 6) is -0.641. The second-order valence-electron chi connectivity index (χ2n) is 4.87. The van der Waals surface area contributed by atoms with Crippen molar-refractivity contribution in [3.05, 3.63) is 26.6 Å². The fourth-order valence-corrected chi connectivity index (χ4v) is 3.59. The van der Waals surface area contributed by atoms with Crippen molar-refractivity contribution >= 4 is 43.7 Å². The van der Waals surface area contributed by atoms with Gasteiger partial charge in [-0.15, -0.1) is 0 Å². The van der Waals surface area contributed by atoms with Crippen LogP contribution in [0.1, 0.15) is 30.1 Å². The first-order valence-electron chi connectivity index (χ1n) is 6.58. The molecule has 1 aliphatic rings. The van der Waals surface area contributed by atoms with E-state index >= 15 is 0 Å². The van der Waals surface area contributed by atoms with Crippen LogP contribution in [0.4, 0.5) is 0 Å². The molecule has 1 N–H and O–H groups in total. The van der Waals surface area contributed by atoms with Gasteiger partial charge in [-0.1, -0.05) is 0 Å². The van der Waals surface area contributed by atoms with Crippen LogP contribution in [0, 0.1) is 0 Å². The van der Waals surface area contributed by atoms with Gasteiger partial charge in [-0.05, 0) is 63.8 Å². The number of hydrogen-bond donors (Lipinski definition) is 1. The quantitative estimate of drug-likeness (QED) is 0.811. The molecule has 0 saturated carbocycles. The Hall–Kier alpha value is -1.08. The van der Waals surface area contributed by atoms with E-state index in [0.717, 1.165) is 25.9 Å². The molecule has 1 saturated heterocycles. The molecule has 2 rings (SSSR count). The number of aromatic carboxylic acids is 1. The van der Waals surface area contributed by atoms with Gasteiger partial charge in [-0.3, -0.25) is 4.79 Å². The molecule has 1 fully saturated rings. The lowest BCUT2D eigenvalue weighted by atomic mass is 10.2. The average Bonchev–Trinajstić information content (AvgIpc) is 2.95. The van der Waals surface area contributed by atoms with Gasteiger partial charge < -0.3 is 14.7 Å². The third-order valence-electron chi connectivity index (χ3n) is 3.31. The van der Waals surface area contributed by atoms with Crippen LogP contribution in [0.5, 0.6) is 5.75 Å². The summed E-state index contributed by atoms with van der Waals surface area (Å²) in [5, 5.41) is 8.99. The second-order valence-corrected chi connectivity index (χ2v) is 6.58. The molecule has 0 aromatic heterocycles. The first-order chi connectivity index (χ1) is 9.90. The highest BCUT2D eigenvalue weighted by Crippen LogP contribution is 2.35. The van der Waals surface area contributed by atoms with Crippen LogP contribution in [0.15, 0.2) is 21.1 Å². The zero-order chi connectivity index (χ0) is 15.6. The number of nitrogens with zero attached hydrogens (tertiary/aromatic N) is 1. The van der Waals surface area contributed by atoms with E-state index in [-0.39, 0.29) is 11.5 Å². The molecular formula is C14H15Br2NO4. The molecule has 5 nitrogen and oxygen atoms in total. The lowest BCUT2D eigenvalue weighted by Crippen LogP contribution is -2.38. The molecule has 0 aliphatic carbocycles. The summed E-state index contributed by atoms with van der Waals surface area (Å²) in [6.07, 6.45) is 1.43. The zero-order valence-corrected chi connectivity index (χ0v) is 14.6. The number of carbonyl (C=O) groups excluding carboxylic acids is 1. The van der Waals surface area contributed by atoms with Crippen LogP contribution >= 0.6 is 31.9 Å². The maximum Gasteiger partial charge on any atom is 0.335 e. The van der Waals surface area contributed by atoms with Crippen molar-refractivity contribution < 1.29 is 19.4 Å². The van der Waals surface area contributed by atoms with Crippen LogP contribution < -0.4 is 4.74 Å². The SMILES string of the molecule is CC(Oc1c(Br)cc(C(=O)O)cc1Br)C(=O)N1CCCC1. The number of benzene rings is 1. The van der Waals surface area contributed by atoms with Crippen molar-refractivity contribution in [2.45, 2.75) is 25.9 Å². The standard InChI is InChI=1S/C14H15Br2NO4/c1-8(13(18)17-4-2-3-5-17)21-12-10(15)6-9(14(19)20)7-11(12)16/h6-8H,2-5H2,1H3,(H,19,20). The fraction of sp³-hybridized carbons (Fsp3) is 0.429. The predicted octanol–water partition coefficient (Wildman–Crippen LogP) is 3.30. The van der Waals surface area contributed by atoms with Gasteiger partial charge in [0.15, 0.2) is 6.10 Å². The van der Waals surface area contributed by atoms with Gasteiger partial charge in [0.05, 0.1) is 14.5 Å². The molecular weight excluding hydrogens is 406 g/mol. The van der Waals surface area contributed by atoms with E-state index in [1.807, 2.05) is 0 Å². The van der Waals surface area contributed by atoms with Crippen molar-refractivity contribution in [3.8, 4) is 5.75 Å². The van der Waals surface area contributed by atoms with E-state index in [1.165, 1.54) is 12.1 Å². The number of amides is 1. The van der Waals surface area contributed by atoms with Crippen LogP contribution in [0.2, 0.25) is 0 Å². The fourth-order valence-electron chi connectivity index (χ4n) is 2.22. The molecule has 21 heavy (non-hydrogen) atoms. The Kier molecular flexibility index (Phi) is 5.27. The molecule has 1 aromatic rings. The Morgan fingerprint density at radius 3 is 2.24 bits per heavy atom. The molecule has 1 unspecified atom stereocenters. The van der Waals surface area contributed by atoms with Crippen molar-refractivity contribution in [1.82, 2.24) is 4.90 Å². The first kappa shape index (κ1) is 16.3. The second kappa shape index (κ2) is 6.79. The summed E-state index contributed by atoms with van der Waals surface area (Å²) in [4.78, 5) is 25.0. The van der Waals surface area contributed by atoms with Gasteiger partial charge >= 0.3 is 5.97 Å². The van der Waals surface area contributed by atoms with E-state index in [2.05, 4.69) is 31.9 Å². The van der Waals surface area contributed by atoms with Gasteiger partial charge in [0.25, 0.3) is 5.91 Å². The number of rotatable bonds is 4. The maximum absolute atomic E-state index is 12.2. The average molecular weight is 421 g/mol. The highest BCUT2D eigenvalue weighted by molar-refractivity contribution is 9.11. The maximum atomic E-state index is 12.2. The minimum atomic E-state index is -1.02. The van der Waals surface area contributed by atoms with Crippen molar-refractivity contribution in [1.29, 1.82) is 0 Å². The smallest absolute Gasteiger partial charge is 0.335 e. The van der Waals surface area contributed by atoms with Crippen LogP contribution in [-0.4, -0.2) is 41.1 Å². The number of hydrogen-bond acceptors (Lipinski definition) is 3. The van der Waals surface area contributed by atoms with E-state index in [9.17, 15) is 9.59 Å². The van der Waals surface area contributed by atoms with E-state index in [4.69, 9.17) is 9.84 Å². The van der Waals surface area contributed by atoms with E-state index in [0.29, 0.717) is 14.7 Å². The largest absolute Gasteiger partial charge is 0.479 e. The van der Waals surface area contributed by atoms with Gasteiger partial charge in [0.1, 0.15) is 5.75 Å². The monoisotopic (exact) mass is 419 g/mol. The number of halogens is 2. The van der Waals surface area contributed by atoms with Crippen LogP contribution in [0.3, 0.4) is 0 Å². The summed E-state index contributed by atoms with van der Waals surface area (Å²) in [6.45, 7) is 3.24. The molecule has 1 atom stereocenters. The molecule has 1 heterocycles. The molecule has 0 spiro atoms. The number of carboxylic acid groups (broad SMARTS) is 1. The molecule has 0 bridgehead atoms. The topological polar surface area (TPSA) is 66.8 Å².